The molecule has 0 unspecified atom stereocenters. The fourth-order valence-electron chi connectivity index (χ4n) is 1.74. The number of hydrogen-bond donors (Lipinski definition) is 0. The first-order valence-electron chi connectivity index (χ1n) is 5.84. The Morgan fingerprint density at radius 1 is 1.28 bits per heavy atom. The van der Waals surface area contributed by atoms with Crippen molar-refractivity contribution < 1.29 is 4.42 Å². The van der Waals surface area contributed by atoms with E-state index in [9.17, 15) is 0 Å². The predicted octanol–water partition coefficient (Wildman–Crippen LogP) is 2.22. The molecule has 0 fully saturated rings. The van der Waals surface area contributed by atoms with E-state index >= 15 is 0 Å². The standard InChI is InChI=1S/C14H15N3O/c1-17(9-6-12-4-7-16-8-5-12)11-14-3-2-13(10-15)18-14/h2-5,7-8H,6,9,11H2,1H3. The number of hydrogen-bond acceptors (Lipinski definition) is 4. The number of nitriles is 1. The second-order valence-corrected chi connectivity index (χ2v) is 4.22. The van der Waals surface area contributed by atoms with Crippen LogP contribution in [-0.4, -0.2) is 23.5 Å². The van der Waals surface area contributed by atoms with Crippen molar-refractivity contribution in [3.8, 4) is 6.07 Å². The lowest BCUT2D eigenvalue weighted by Crippen LogP contribution is -2.20. The van der Waals surface area contributed by atoms with E-state index in [1.165, 1.54) is 5.56 Å². The SMILES string of the molecule is CN(CCc1ccncc1)Cc1ccc(C#N)o1. The van der Waals surface area contributed by atoms with Crippen LogP contribution in [0.3, 0.4) is 0 Å². The third-order valence-electron chi connectivity index (χ3n) is 2.73. The topological polar surface area (TPSA) is 53.1 Å². The van der Waals surface area contributed by atoms with E-state index in [0.29, 0.717) is 12.3 Å². The molecule has 0 aliphatic rings. The van der Waals surface area contributed by atoms with Crippen LogP contribution in [-0.2, 0) is 13.0 Å². The number of likely N-dealkylation sites (N-methyl/N-ethyl adjacent to an activating group) is 1. The summed E-state index contributed by atoms with van der Waals surface area (Å²) < 4.78 is 5.34. The van der Waals surface area contributed by atoms with E-state index in [4.69, 9.17) is 9.68 Å². The summed E-state index contributed by atoms with van der Waals surface area (Å²) >= 11 is 0. The fraction of sp³-hybridized carbons (Fsp3) is 0.286. The number of aromatic nitrogens is 1. The van der Waals surface area contributed by atoms with Crippen molar-refractivity contribution in [1.82, 2.24) is 9.88 Å². The molecule has 18 heavy (non-hydrogen) atoms. The minimum Gasteiger partial charge on any atom is -0.449 e. The van der Waals surface area contributed by atoms with E-state index < -0.39 is 0 Å². The minimum atomic E-state index is 0.368. The average molecular weight is 241 g/mol. The summed E-state index contributed by atoms with van der Waals surface area (Å²) in [6.07, 6.45) is 4.59. The van der Waals surface area contributed by atoms with Crippen molar-refractivity contribution in [2.45, 2.75) is 13.0 Å². The molecule has 0 aliphatic carbocycles. The van der Waals surface area contributed by atoms with Crippen molar-refractivity contribution in [2.24, 2.45) is 0 Å². The maximum absolute atomic E-state index is 8.67. The molecule has 0 saturated carbocycles. The van der Waals surface area contributed by atoms with Crippen molar-refractivity contribution >= 4 is 0 Å². The molecule has 4 nitrogen and oxygen atoms in total. The van der Waals surface area contributed by atoms with Gasteiger partial charge in [0.2, 0.25) is 5.76 Å². The van der Waals surface area contributed by atoms with Crippen molar-refractivity contribution in [3.05, 3.63) is 53.7 Å². The minimum absolute atomic E-state index is 0.368. The van der Waals surface area contributed by atoms with Crippen LogP contribution in [0, 0.1) is 11.3 Å². The highest BCUT2D eigenvalue weighted by molar-refractivity contribution is 5.19. The third-order valence-corrected chi connectivity index (χ3v) is 2.73. The second-order valence-electron chi connectivity index (χ2n) is 4.22. The Bertz CT molecular complexity index is 527. The normalized spacial score (nSPS) is 10.5. The quantitative estimate of drug-likeness (QED) is 0.805. The van der Waals surface area contributed by atoms with Gasteiger partial charge in [0.15, 0.2) is 0 Å². The molecule has 2 aromatic rings. The van der Waals surface area contributed by atoms with Crippen LogP contribution in [0.5, 0.6) is 0 Å². The van der Waals surface area contributed by atoms with Gasteiger partial charge in [0.05, 0.1) is 6.54 Å². The Kier molecular flexibility index (Phi) is 4.11. The summed E-state index contributed by atoms with van der Waals surface area (Å²) in [6, 6.07) is 9.58. The maximum Gasteiger partial charge on any atom is 0.203 e. The predicted molar refractivity (Wildman–Crippen MR) is 67.7 cm³/mol. The Balaban J connectivity index is 1.82. The van der Waals surface area contributed by atoms with Gasteiger partial charge in [-0.2, -0.15) is 5.26 Å². The average Bonchev–Trinajstić information content (AvgIpc) is 2.85. The highest BCUT2D eigenvalue weighted by Gasteiger charge is 2.05. The molecule has 4 heteroatoms. The monoisotopic (exact) mass is 241 g/mol. The maximum atomic E-state index is 8.67. The Morgan fingerprint density at radius 3 is 2.72 bits per heavy atom. The smallest absolute Gasteiger partial charge is 0.203 e. The Morgan fingerprint density at radius 2 is 2.06 bits per heavy atom. The lowest BCUT2D eigenvalue weighted by Gasteiger charge is -2.14. The molecule has 0 bridgehead atoms. The molecule has 2 aromatic heterocycles. The summed E-state index contributed by atoms with van der Waals surface area (Å²) in [5.74, 6) is 1.19. The molecule has 0 spiro atoms. The van der Waals surface area contributed by atoms with Gasteiger partial charge in [0, 0.05) is 18.9 Å². The number of furan rings is 1. The highest BCUT2D eigenvalue weighted by Crippen LogP contribution is 2.09. The lowest BCUT2D eigenvalue weighted by molar-refractivity contribution is 0.297. The molecular weight excluding hydrogens is 226 g/mol. The van der Waals surface area contributed by atoms with E-state index in [1.54, 1.807) is 18.5 Å². The molecule has 0 saturated heterocycles. The zero-order valence-corrected chi connectivity index (χ0v) is 10.3. The number of nitrogens with zero attached hydrogens (tertiary/aromatic N) is 3. The van der Waals surface area contributed by atoms with Crippen LogP contribution >= 0.6 is 0 Å². The number of pyridine rings is 1. The van der Waals surface area contributed by atoms with E-state index in [0.717, 1.165) is 18.7 Å². The highest BCUT2D eigenvalue weighted by atomic mass is 16.3. The van der Waals surface area contributed by atoms with Crippen molar-refractivity contribution in [1.29, 1.82) is 5.26 Å². The van der Waals surface area contributed by atoms with Gasteiger partial charge in [-0.3, -0.25) is 9.88 Å². The summed E-state index contributed by atoms with van der Waals surface area (Å²) in [6.45, 7) is 1.65. The summed E-state index contributed by atoms with van der Waals surface area (Å²) in [4.78, 5) is 6.16. The molecule has 0 atom stereocenters. The second kappa shape index (κ2) is 5.99. The van der Waals surface area contributed by atoms with E-state index in [1.807, 2.05) is 31.3 Å². The van der Waals surface area contributed by atoms with Gasteiger partial charge in [-0.05, 0) is 43.3 Å². The molecule has 0 N–H and O–H groups in total. The first kappa shape index (κ1) is 12.3. The molecule has 2 rings (SSSR count). The molecule has 2 heterocycles. The van der Waals surface area contributed by atoms with Crippen LogP contribution in [0.25, 0.3) is 0 Å². The Labute approximate surface area is 106 Å². The molecular formula is C14H15N3O. The van der Waals surface area contributed by atoms with E-state index in [-0.39, 0.29) is 0 Å². The van der Waals surface area contributed by atoms with Crippen LogP contribution in [0.1, 0.15) is 17.1 Å². The zero-order valence-electron chi connectivity index (χ0n) is 10.3. The van der Waals surface area contributed by atoms with Gasteiger partial charge in [0.25, 0.3) is 0 Å². The first-order chi connectivity index (χ1) is 8.78. The summed E-state index contributed by atoms with van der Waals surface area (Å²) in [5, 5.41) is 8.67. The lowest BCUT2D eigenvalue weighted by atomic mass is 10.2. The van der Waals surface area contributed by atoms with Gasteiger partial charge >= 0.3 is 0 Å². The van der Waals surface area contributed by atoms with Crippen molar-refractivity contribution in [3.63, 3.8) is 0 Å². The summed E-state index contributed by atoms with van der Waals surface area (Å²) in [5.41, 5.74) is 1.27. The van der Waals surface area contributed by atoms with Gasteiger partial charge in [-0.15, -0.1) is 0 Å². The largest absolute Gasteiger partial charge is 0.449 e. The van der Waals surface area contributed by atoms with Gasteiger partial charge in [0.1, 0.15) is 11.8 Å². The van der Waals surface area contributed by atoms with Crippen LogP contribution in [0.15, 0.2) is 41.1 Å². The van der Waals surface area contributed by atoms with Gasteiger partial charge in [-0.1, -0.05) is 0 Å². The molecule has 92 valence electrons. The van der Waals surface area contributed by atoms with Gasteiger partial charge in [-0.25, -0.2) is 0 Å². The van der Waals surface area contributed by atoms with Crippen LogP contribution in [0.4, 0.5) is 0 Å². The number of rotatable bonds is 5. The first-order valence-corrected chi connectivity index (χ1v) is 5.84. The third kappa shape index (κ3) is 3.44. The van der Waals surface area contributed by atoms with Gasteiger partial charge < -0.3 is 4.42 Å². The molecule has 0 radical (unpaired) electrons. The Hall–Kier alpha value is -2.12. The van der Waals surface area contributed by atoms with Crippen LogP contribution < -0.4 is 0 Å². The summed E-state index contributed by atoms with van der Waals surface area (Å²) in [7, 11) is 2.04. The molecule has 0 aromatic carbocycles. The van der Waals surface area contributed by atoms with Crippen LogP contribution in [0.2, 0.25) is 0 Å². The zero-order chi connectivity index (χ0) is 12.8. The fourth-order valence-corrected chi connectivity index (χ4v) is 1.74. The van der Waals surface area contributed by atoms with Crippen molar-refractivity contribution in [2.75, 3.05) is 13.6 Å². The molecule has 0 aliphatic heterocycles. The molecule has 0 amide bonds. The van der Waals surface area contributed by atoms with E-state index in [2.05, 4.69) is 9.88 Å².